The van der Waals surface area contributed by atoms with Crippen LogP contribution in [0.4, 0.5) is 0 Å². The van der Waals surface area contributed by atoms with Crippen LogP contribution >= 0.6 is 0 Å². The van der Waals surface area contributed by atoms with E-state index in [9.17, 15) is 0 Å². The van der Waals surface area contributed by atoms with Crippen molar-refractivity contribution in [2.24, 2.45) is 4.99 Å². The highest BCUT2D eigenvalue weighted by Crippen LogP contribution is 2.11. The molecule has 2 rings (SSSR count). The molecule has 134 valence electrons. The Hall–Kier alpha value is -1.86. The highest BCUT2D eigenvalue weighted by Gasteiger charge is 2.14. The third-order valence-electron chi connectivity index (χ3n) is 3.78. The van der Waals surface area contributed by atoms with Crippen LogP contribution in [0.2, 0.25) is 0 Å². The van der Waals surface area contributed by atoms with Gasteiger partial charge in [-0.1, -0.05) is 0 Å². The van der Waals surface area contributed by atoms with Crippen LogP contribution in [0.15, 0.2) is 23.3 Å². The van der Waals surface area contributed by atoms with E-state index in [4.69, 9.17) is 14.2 Å². The van der Waals surface area contributed by atoms with Crippen molar-refractivity contribution < 1.29 is 14.2 Å². The lowest BCUT2D eigenvalue weighted by Crippen LogP contribution is -2.37. The number of rotatable bonds is 9. The first-order valence-electron chi connectivity index (χ1n) is 8.44. The lowest BCUT2D eigenvalue weighted by molar-refractivity contribution is 0.0168. The number of guanidine groups is 1. The van der Waals surface area contributed by atoms with Gasteiger partial charge in [0, 0.05) is 45.6 Å². The van der Waals surface area contributed by atoms with Gasteiger partial charge in [-0.3, -0.25) is 4.99 Å². The maximum Gasteiger partial charge on any atom is 0.213 e. The van der Waals surface area contributed by atoms with Gasteiger partial charge in [0.25, 0.3) is 0 Å². The first-order chi connectivity index (χ1) is 11.8. The van der Waals surface area contributed by atoms with Gasteiger partial charge in [-0.25, -0.2) is 4.98 Å². The van der Waals surface area contributed by atoms with E-state index in [0.717, 1.165) is 50.5 Å². The number of nitrogens with one attached hydrogen (secondary N) is 2. The molecule has 1 aliphatic rings. The van der Waals surface area contributed by atoms with Crippen molar-refractivity contribution in [2.75, 3.05) is 40.5 Å². The molecule has 24 heavy (non-hydrogen) atoms. The smallest absolute Gasteiger partial charge is 0.213 e. The average molecular weight is 336 g/mol. The van der Waals surface area contributed by atoms with Crippen molar-refractivity contribution in [3.8, 4) is 5.88 Å². The zero-order valence-corrected chi connectivity index (χ0v) is 14.6. The molecule has 1 aromatic heterocycles. The number of methoxy groups -OCH3 is 1. The zero-order valence-electron chi connectivity index (χ0n) is 14.6. The van der Waals surface area contributed by atoms with Crippen molar-refractivity contribution in [3.63, 3.8) is 0 Å². The number of aromatic nitrogens is 1. The molecule has 1 unspecified atom stereocenters. The fourth-order valence-corrected chi connectivity index (χ4v) is 2.45. The van der Waals surface area contributed by atoms with Crippen molar-refractivity contribution in [1.82, 2.24) is 15.6 Å². The summed E-state index contributed by atoms with van der Waals surface area (Å²) in [6.45, 7) is 3.78. The third-order valence-corrected chi connectivity index (χ3v) is 3.78. The maximum atomic E-state index is 5.64. The first-order valence-corrected chi connectivity index (χ1v) is 8.44. The number of pyridine rings is 1. The number of hydrogen-bond acceptors (Lipinski definition) is 5. The van der Waals surface area contributed by atoms with E-state index < -0.39 is 0 Å². The normalized spacial score (nSPS) is 17.8. The zero-order chi connectivity index (χ0) is 17.0. The van der Waals surface area contributed by atoms with E-state index in [-0.39, 0.29) is 0 Å². The highest BCUT2D eigenvalue weighted by atomic mass is 16.5. The first kappa shape index (κ1) is 18.5. The minimum absolute atomic E-state index is 0.296. The molecule has 1 fully saturated rings. The Morgan fingerprint density at radius 1 is 1.46 bits per heavy atom. The van der Waals surface area contributed by atoms with E-state index >= 15 is 0 Å². The number of hydrogen-bond donors (Lipinski definition) is 2. The van der Waals surface area contributed by atoms with Crippen LogP contribution < -0.4 is 15.4 Å². The van der Waals surface area contributed by atoms with Crippen LogP contribution in [-0.2, 0) is 16.0 Å². The van der Waals surface area contributed by atoms with Crippen LogP contribution in [0.25, 0.3) is 0 Å². The molecule has 0 aliphatic carbocycles. The fourth-order valence-electron chi connectivity index (χ4n) is 2.45. The summed E-state index contributed by atoms with van der Waals surface area (Å²) in [5.41, 5.74) is 1.09. The van der Waals surface area contributed by atoms with Gasteiger partial charge in [0.05, 0.1) is 19.8 Å². The van der Waals surface area contributed by atoms with Gasteiger partial charge in [0.15, 0.2) is 5.96 Å². The van der Waals surface area contributed by atoms with E-state index in [0.29, 0.717) is 25.1 Å². The van der Waals surface area contributed by atoms with E-state index in [2.05, 4.69) is 20.6 Å². The predicted molar refractivity (Wildman–Crippen MR) is 93.4 cm³/mol. The van der Waals surface area contributed by atoms with Crippen LogP contribution in [0.5, 0.6) is 5.88 Å². The molecule has 0 radical (unpaired) electrons. The van der Waals surface area contributed by atoms with Gasteiger partial charge in [-0.2, -0.15) is 0 Å². The van der Waals surface area contributed by atoms with Crippen LogP contribution in [0.1, 0.15) is 24.8 Å². The number of aliphatic imine (C=N–C) groups is 1. The second-order valence-corrected chi connectivity index (χ2v) is 5.62. The molecule has 0 amide bonds. The van der Waals surface area contributed by atoms with Crippen LogP contribution in [-0.4, -0.2) is 57.6 Å². The number of ether oxygens (including phenoxy) is 3. The Kier molecular flexibility index (Phi) is 8.34. The molecular weight excluding hydrogens is 308 g/mol. The summed E-state index contributed by atoms with van der Waals surface area (Å²) in [7, 11) is 3.37. The second-order valence-electron chi connectivity index (χ2n) is 5.62. The summed E-state index contributed by atoms with van der Waals surface area (Å²) in [5, 5.41) is 6.54. The van der Waals surface area contributed by atoms with Gasteiger partial charge >= 0.3 is 0 Å². The molecule has 2 N–H and O–H groups in total. The Bertz CT molecular complexity index is 504. The molecule has 0 spiro atoms. The van der Waals surface area contributed by atoms with Crippen LogP contribution in [0, 0.1) is 0 Å². The molecule has 1 aromatic rings. The van der Waals surface area contributed by atoms with Crippen molar-refractivity contribution in [1.29, 1.82) is 0 Å². The second kappa shape index (κ2) is 10.8. The highest BCUT2D eigenvalue weighted by molar-refractivity contribution is 5.79. The summed E-state index contributed by atoms with van der Waals surface area (Å²) < 4.78 is 16.3. The van der Waals surface area contributed by atoms with Crippen molar-refractivity contribution in [2.45, 2.75) is 31.9 Å². The molecule has 2 heterocycles. The lowest BCUT2D eigenvalue weighted by atomic mass is 10.2. The summed E-state index contributed by atoms with van der Waals surface area (Å²) in [4.78, 5) is 8.31. The third kappa shape index (κ3) is 6.72. The molecule has 7 heteroatoms. The molecule has 7 nitrogen and oxygen atoms in total. The standard InChI is InChI=1S/C17H28N4O3/c1-18-17(21-12-14-6-8-19-16(11-14)22-2)20-7-4-9-23-13-15-5-3-10-24-15/h6,8,11,15H,3-5,7,9-10,12-13H2,1-2H3,(H2,18,20,21). The van der Waals surface area contributed by atoms with E-state index in [1.165, 1.54) is 0 Å². The molecule has 1 atom stereocenters. The Labute approximate surface area is 143 Å². The van der Waals surface area contributed by atoms with E-state index in [1.54, 1.807) is 20.4 Å². The molecule has 1 aliphatic heterocycles. The maximum absolute atomic E-state index is 5.64. The summed E-state index contributed by atoms with van der Waals surface area (Å²) in [5.74, 6) is 1.38. The van der Waals surface area contributed by atoms with Gasteiger partial charge in [0.2, 0.25) is 5.88 Å². The van der Waals surface area contributed by atoms with Gasteiger partial charge in [-0.15, -0.1) is 0 Å². The predicted octanol–water partition coefficient (Wildman–Crippen LogP) is 1.34. The molecular formula is C17H28N4O3. The van der Waals surface area contributed by atoms with Gasteiger partial charge in [-0.05, 0) is 30.9 Å². The Morgan fingerprint density at radius 2 is 2.38 bits per heavy atom. The van der Waals surface area contributed by atoms with Crippen LogP contribution in [0.3, 0.4) is 0 Å². The van der Waals surface area contributed by atoms with Crippen molar-refractivity contribution >= 4 is 5.96 Å². The summed E-state index contributed by atoms with van der Waals surface area (Å²) in [6.07, 6.45) is 5.23. The monoisotopic (exact) mass is 336 g/mol. The van der Waals surface area contributed by atoms with Gasteiger partial charge < -0.3 is 24.8 Å². The Balaban J connectivity index is 1.56. The minimum atomic E-state index is 0.296. The average Bonchev–Trinajstić information content (AvgIpc) is 3.14. The number of nitrogens with zero attached hydrogens (tertiary/aromatic N) is 2. The fraction of sp³-hybridized carbons (Fsp3) is 0.647. The van der Waals surface area contributed by atoms with E-state index in [1.807, 2.05) is 12.1 Å². The van der Waals surface area contributed by atoms with Gasteiger partial charge in [0.1, 0.15) is 0 Å². The summed E-state index contributed by atoms with van der Waals surface area (Å²) >= 11 is 0. The minimum Gasteiger partial charge on any atom is -0.481 e. The topological polar surface area (TPSA) is 77.0 Å². The Morgan fingerprint density at radius 3 is 3.12 bits per heavy atom. The largest absolute Gasteiger partial charge is 0.481 e. The molecule has 0 bridgehead atoms. The lowest BCUT2D eigenvalue weighted by Gasteiger charge is -2.13. The SMILES string of the molecule is CN=C(NCCCOCC1CCCO1)NCc1ccnc(OC)c1. The molecule has 0 saturated carbocycles. The molecule has 0 aromatic carbocycles. The quantitative estimate of drug-likeness (QED) is 0.403. The molecule has 1 saturated heterocycles. The summed E-state index contributed by atoms with van der Waals surface area (Å²) in [6, 6.07) is 3.85. The van der Waals surface area contributed by atoms with Crippen molar-refractivity contribution in [3.05, 3.63) is 23.9 Å².